The van der Waals surface area contributed by atoms with Crippen molar-refractivity contribution in [1.82, 2.24) is 4.57 Å². The number of aromatic nitrogens is 1. The zero-order valence-electron chi connectivity index (χ0n) is 14.6. The number of nitriles is 1. The van der Waals surface area contributed by atoms with Crippen molar-refractivity contribution < 1.29 is 0 Å². The minimum absolute atomic E-state index is 0.668. The summed E-state index contributed by atoms with van der Waals surface area (Å²) in [6, 6.07) is 35.4. The van der Waals surface area contributed by atoms with E-state index in [2.05, 4.69) is 65.2 Å². The van der Waals surface area contributed by atoms with Gasteiger partial charge < -0.3 is 4.57 Å². The molecule has 0 bridgehead atoms. The molecule has 4 aromatic carbocycles. The molecule has 0 N–H and O–H groups in total. The molecule has 0 unspecified atom stereocenters. The van der Waals surface area contributed by atoms with Crippen LogP contribution in [0.2, 0.25) is 0 Å². The van der Waals surface area contributed by atoms with Crippen LogP contribution in [0.4, 0.5) is 0 Å². The Morgan fingerprint density at radius 3 is 1.81 bits per heavy atom. The monoisotopic (exact) mass is 344 g/mol. The van der Waals surface area contributed by atoms with Gasteiger partial charge in [-0.05, 0) is 35.4 Å². The molecule has 0 saturated carbocycles. The van der Waals surface area contributed by atoms with Crippen LogP contribution in [0, 0.1) is 11.3 Å². The van der Waals surface area contributed by atoms with Crippen LogP contribution >= 0.6 is 0 Å². The number of hydrogen-bond donors (Lipinski definition) is 0. The number of benzene rings is 4. The first kappa shape index (κ1) is 15.4. The van der Waals surface area contributed by atoms with Gasteiger partial charge in [-0.25, -0.2) is 0 Å². The Morgan fingerprint density at radius 1 is 0.593 bits per heavy atom. The lowest BCUT2D eigenvalue weighted by Gasteiger charge is -2.12. The van der Waals surface area contributed by atoms with Crippen molar-refractivity contribution >= 4 is 21.8 Å². The van der Waals surface area contributed by atoms with Crippen LogP contribution < -0.4 is 0 Å². The molecule has 5 aromatic rings. The Bertz CT molecular complexity index is 1270. The van der Waals surface area contributed by atoms with Crippen LogP contribution in [-0.2, 0) is 0 Å². The number of hydrogen-bond acceptors (Lipinski definition) is 1. The minimum Gasteiger partial charge on any atom is -0.308 e. The fraction of sp³-hybridized carbons (Fsp3) is 0. The lowest BCUT2D eigenvalue weighted by atomic mass is 10.0. The highest BCUT2D eigenvalue weighted by Gasteiger charge is 2.15. The van der Waals surface area contributed by atoms with Crippen molar-refractivity contribution in [3.05, 3.63) is 103 Å². The average Bonchev–Trinajstić information content (AvgIpc) is 3.08. The zero-order chi connectivity index (χ0) is 18.2. The molecule has 0 radical (unpaired) electrons. The van der Waals surface area contributed by atoms with Crippen molar-refractivity contribution in [2.24, 2.45) is 0 Å². The van der Waals surface area contributed by atoms with Gasteiger partial charge in [-0.1, -0.05) is 72.8 Å². The van der Waals surface area contributed by atoms with E-state index in [1.165, 1.54) is 10.8 Å². The van der Waals surface area contributed by atoms with Crippen molar-refractivity contribution in [2.45, 2.75) is 0 Å². The molecule has 0 fully saturated rings. The van der Waals surface area contributed by atoms with Gasteiger partial charge >= 0.3 is 0 Å². The van der Waals surface area contributed by atoms with Crippen LogP contribution in [0.3, 0.4) is 0 Å². The van der Waals surface area contributed by atoms with Gasteiger partial charge in [0, 0.05) is 10.8 Å². The molecule has 2 heteroatoms. The van der Waals surface area contributed by atoms with E-state index < -0.39 is 0 Å². The molecular formula is C25H16N2. The molecule has 5 rings (SSSR count). The summed E-state index contributed by atoms with van der Waals surface area (Å²) in [5, 5.41) is 12.2. The van der Waals surface area contributed by atoms with E-state index in [4.69, 9.17) is 0 Å². The molecule has 0 aliphatic rings. The molecule has 0 aliphatic heterocycles. The van der Waals surface area contributed by atoms with Gasteiger partial charge in [0.25, 0.3) is 0 Å². The van der Waals surface area contributed by atoms with Crippen LogP contribution in [-0.4, -0.2) is 4.57 Å². The zero-order valence-corrected chi connectivity index (χ0v) is 14.6. The third-order valence-corrected chi connectivity index (χ3v) is 5.05. The Balaban J connectivity index is 1.88. The molecule has 27 heavy (non-hydrogen) atoms. The van der Waals surface area contributed by atoms with Crippen molar-refractivity contribution in [1.29, 1.82) is 5.26 Å². The van der Waals surface area contributed by atoms with Gasteiger partial charge in [-0.2, -0.15) is 5.26 Å². The molecule has 0 atom stereocenters. The highest BCUT2D eigenvalue weighted by molar-refractivity contribution is 6.09. The van der Waals surface area contributed by atoms with E-state index in [1.54, 1.807) is 0 Å². The Kier molecular flexibility index (Phi) is 3.52. The lowest BCUT2D eigenvalue weighted by Crippen LogP contribution is -1.98. The molecule has 2 nitrogen and oxygen atoms in total. The van der Waals surface area contributed by atoms with E-state index in [-0.39, 0.29) is 0 Å². The highest BCUT2D eigenvalue weighted by Crippen LogP contribution is 2.34. The first-order chi connectivity index (χ1) is 13.4. The van der Waals surface area contributed by atoms with Gasteiger partial charge in [0.2, 0.25) is 0 Å². The highest BCUT2D eigenvalue weighted by atomic mass is 15.0. The normalized spacial score (nSPS) is 10.9. The Labute approximate surface area is 157 Å². The summed E-state index contributed by atoms with van der Waals surface area (Å²) < 4.78 is 2.20. The third-order valence-electron chi connectivity index (χ3n) is 5.05. The maximum atomic E-state index is 9.76. The topological polar surface area (TPSA) is 28.7 Å². The van der Waals surface area contributed by atoms with E-state index in [9.17, 15) is 5.26 Å². The fourth-order valence-corrected chi connectivity index (χ4v) is 3.80. The quantitative estimate of drug-likeness (QED) is 0.368. The minimum atomic E-state index is 0.668. The molecule has 126 valence electrons. The second-order valence-electron chi connectivity index (χ2n) is 6.58. The smallest absolute Gasteiger partial charge is 0.101 e. The van der Waals surface area contributed by atoms with Gasteiger partial charge in [0.15, 0.2) is 0 Å². The fourth-order valence-electron chi connectivity index (χ4n) is 3.80. The molecule has 0 spiro atoms. The summed E-state index contributed by atoms with van der Waals surface area (Å²) in [6.07, 6.45) is 0. The average molecular weight is 344 g/mol. The van der Waals surface area contributed by atoms with E-state index >= 15 is 0 Å². The van der Waals surface area contributed by atoms with Crippen molar-refractivity contribution in [3.8, 4) is 22.9 Å². The molecule has 1 aromatic heterocycles. The Hall–Kier alpha value is -3.83. The van der Waals surface area contributed by atoms with E-state index in [1.807, 2.05) is 42.5 Å². The van der Waals surface area contributed by atoms with Crippen LogP contribution in [0.1, 0.15) is 5.56 Å². The number of rotatable bonds is 2. The second kappa shape index (κ2) is 6.16. The van der Waals surface area contributed by atoms with Crippen LogP contribution in [0.5, 0.6) is 0 Å². The third kappa shape index (κ3) is 2.41. The van der Waals surface area contributed by atoms with Gasteiger partial charge in [0.05, 0.1) is 22.3 Å². The standard InChI is InChI=1S/C25H16N2/c26-17-20-15-14-19(18-8-2-1-3-9-18)16-25(20)27-23-12-6-4-10-21(23)22-11-5-7-13-24(22)27/h1-16H. The predicted octanol–water partition coefficient (Wildman–Crippen LogP) is 6.32. The summed E-state index contributed by atoms with van der Waals surface area (Å²) in [4.78, 5) is 0. The Morgan fingerprint density at radius 2 is 1.19 bits per heavy atom. The largest absolute Gasteiger partial charge is 0.308 e. The predicted molar refractivity (Wildman–Crippen MR) is 111 cm³/mol. The van der Waals surface area contributed by atoms with Gasteiger partial charge in [-0.15, -0.1) is 0 Å². The lowest BCUT2D eigenvalue weighted by molar-refractivity contribution is 1.17. The summed E-state index contributed by atoms with van der Waals surface area (Å²) in [6.45, 7) is 0. The van der Waals surface area contributed by atoms with Crippen LogP contribution in [0.25, 0.3) is 38.6 Å². The second-order valence-corrected chi connectivity index (χ2v) is 6.58. The maximum absolute atomic E-state index is 9.76. The maximum Gasteiger partial charge on any atom is 0.101 e. The van der Waals surface area contributed by atoms with Crippen LogP contribution in [0.15, 0.2) is 97.1 Å². The summed E-state index contributed by atoms with van der Waals surface area (Å²) in [5.74, 6) is 0. The molecule has 1 heterocycles. The van der Waals surface area contributed by atoms with Crippen molar-refractivity contribution in [3.63, 3.8) is 0 Å². The van der Waals surface area contributed by atoms with Gasteiger partial charge in [-0.3, -0.25) is 0 Å². The SMILES string of the molecule is N#Cc1ccc(-c2ccccc2)cc1-n1c2ccccc2c2ccccc21. The summed E-state index contributed by atoms with van der Waals surface area (Å²) in [5.41, 5.74) is 6.05. The molecule has 0 saturated heterocycles. The number of fused-ring (bicyclic) bond motifs is 3. The molecule has 0 amide bonds. The molecule has 0 aliphatic carbocycles. The molecular weight excluding hydrogens is 328 g/mol. The first-order valence-electron chi connectivity index (χ1n) is 8.95. The summed E-state index contributed by atoms with van der Waals surface area (Å²) in [7, 11) is 0. The number of para-hydroxylation sites is 2. The summed E-state index contributed by atoms with van der Waals surface area (Å²) >= 11 is 0. The van der Waals surface area contributed by atoms with E-state index in [0.717, 1.165) is 27.8 Å². The van der Waals surface area contributed by atoms with Gasteiger partial charge in [0.1, 0.15) is 6.07 Å². The van der Waals surface area contributed by atoms with E-state index in [0.29, 0.717) is 5.56 Å². The van der Waals surface area contributed by atoms with Crippen molar-refractivity contribution in [2.75, 3.05) is 0 Å². The number of nitrogens with zero attached hydrogens (tertiary/aromatic N) is 2. The first-order valence-corrected chi connectivity index (χ1v) is 8.95.